The number of nitrogens with zero attached hydrogens (tertiary/aromatic N) is 2. The molecule has 3 rings (SSSR count). The molecule has 3 aromatic rings. The summed E-state index contributed by atoms with van der Waals surface area (Å²) in [7, 11) is 0. The molecule has 0 aliphatic rings. The van der Waals surface area contributed by atoms with E-state index in [9.17, 15) is 4.39 Å². The third kappa shape index (κ3) is 2.33. The van der Waals surface area contributed by atoms with E-state index in [-0.39, 0.29) is 5.82 Å². The highest BCUT2D eigenvalue weighted by molar-refractivity contribution is 7.10. The van der Waals surface area contributed by atoms with E-state index in [1.165, 1.54) is 17.0 Å². The highest BCUT2D eigenvalue weighted by atomic mass is 32.1. The van der Waals surface area contributed by atoms with Gasteiger partial charge in [0.2, 0.25) is 0 Å². The first-order valence-electron chi connectivity index (χ1n) is 5.60. The van der Waals surface area contributed by atoms with Crippen LogP contribution in [0, 0.1) is 5.82 Å². The van der Waals surface area contributed by atoms with Gasteiger partial charge in [-0.15, -0.1) is 11.3 Å². The number of thiophene rings is 1. The Balaban J connectivity index is 1.83. The van der Waals surface area contributed by atoms with E-state index in [2.05, 4.69) is 16.4 Å². The van der Waals surface area contributed by atoms with E-state index < -0.39 is 0 Å². The minimum absolute atomic E-state index is 0.201. The number of benzene rings is 1. The molecule has 0 radical (unpaired) electrons. The minimum atomic E-state index is -0.201. The molecule has 0 amide bonds. The van der Waals surface area contributed by atoms with Crippen molar-refractivity contribution in [1.29, 1.82) is 0 Å². The van der Waals surface area contributed by atoms with Crippen LogP contribution in [0.2, 0.25) is 0 Å². The third-order valence-corrected chi connectivity index (χ3v) is 3.65. The Morgan fingerprint density at radius 3 is 2.72 bits per heavy atom. The van der Waals surface area contributed by atoms with Crippen LogP contribution in [-0.4, -0.2) is 9.55 Å². The molecule has 0 N–H and O–H groups in total. The maximum absolute atomic E-state index is 12.9. The van der Waals surface area contributed by atoms with Gasteiger partial charge in [-0.05, 0) is 34.7 Å². The first kappa shape index (κ1) is 11.2. The Labute approximate surface area is 108 Å². The van der Waals surface area contributed by atoms with Crippen LogP contribution in [0.1, 0.15) is 4.88 Å². The lowest BCUT2D eigenvalue weighted by molar-refractivity contribution is 0.628. The van der Waals surface area contributed by atoms with Gasteiger partial charge in [-0.2, -0.15) is 0 Å². The van der Waals surface area contributed by atoms with Gasteiger partial charge in [-0.1, -0.05) is 12.1 Å². The maximum Gasteiger partial charge on any atom is 0.123 e. The summed E-state index contributed by atoms with van der Waals surface area (Å²) in [4.78, 5) is 5.28. The third-order valence-electron chi connectivity index (χ3n) is 2.73. The van der Waals surface area contributed by atoms with Crippen LogP contribution in [0.4, 0.5) is 4.39 Å². The van der Waals surface area contributed by atoms with Gasteiger partial charge in [0.15, 0.2) is 0 Å². The van der Waals surface area contributed by atoms with Crippen molar-refractivity contribution >= 4 is 11.3 Å². The van der Waals surface area contributed by atoms with E-state index in [0.717, 1.165) is 17.7 Å². The summed E-state index contributed by atoms with van der Waals surface area (Å²) < 4.78 is 14.9. The molecule has 0 aliphatic carbocycles. The Kier molecular flexibility index (Phi) is 2.94. The summed E-state index contributed by atoms with van der Waals surface area (Å²) in [6.45, 7) is 0.825. The molecule has 4 heteroatoms. The second kappa shape index (κ2) is 4.74. The van der Waals surface area contributed by atoms with E-state index in [0.29, 0.717) is 0 Å². The number of hydrogen-bond acceptors (Lipinski definition) is 2. The number of rotatable bonds is 3. The minimum Gasteiger partial charge on any atom is -0.332 e. The highest BCUT2D eigenvalue weighted by Crippen LogP contribution is 2.26. The molecule has 0 fully saturated rings. The van der Waals surface area contributed by atoms with Crippen LogP contribution >= 0.6 is 11.3 Å². The summed E-state index contributed by atoms with van der Waals surface area (Å²) >= 11 is 1.70. The molecule has 0 atom stereocenters. The molecular weight excluding hydrogens is 247 g/mol. The van der Waals surface area contributed by atoms with Gasteiger partial charge in [0.25, 0.3) is 0 Å². The van der Waals surface area contributed by atoms with Crippen molar-refractivity contribution in [2.45, 2.75) is 6.54 Å². The van der Waals surface area contributed by atoms with Crippen molar-refractivity contribution in [1.82, 2.24) is 9.55 Å². The second-order valence-corrected chi connectivity index (χ2v) is 5.04. The van der Waals surface area contributed by atoms with Crippen molar-refractivity contribution < 1.29 is 4.39 Å². The van der Waals surface area contributed by atoms with Gasteiger partial charge in [-0.25, -0.2) is 9.37 Å². The number of hydrogen-bond donors (Lipinski definition) is 0. The van der Waals surface area contributed by atoms with E-state index in [4.69, 9.17) is 0 Å². The van der Waals surface area contributed by atoms with E-state index in [1.54, 1.807) is 36.0 Å². The van der Waals surface area contributed by atoms with Gasteiger partial charge in [0.05, 0.1) is 12.9 Å². The predicted molar refractivity (Wildman–Crippen MR) is 71.0 cm³/mol. The van der Waals surface area contributed by atoms with Crippen molar-refractivity contribution in [3.8, 4) is 11.1 Å². The zero-order valence-corrected chi connectivity index (χ0v) is 10.4. The van der Waals surface area contributed by atoms with Gasteiger partial charge in [0, 0.05) is 17.3 Å². The fourth-order valence-corrected chi connectivity index (χ4v) is 2.72. The van der Waals surface area contributed by atoms with Crippen LogP contribution in [0.5, 0.6) is 0 Å². The van der Waals surface area contributed by atoms with Gasteiger partial charge < -0.3 is 4.57 Å². The zero-order chi connectivity index (χ0) is 12.4. The van der Waals surface area contributed by atoms with Gasteiger partial charge >= 0.3 is 0 Å². The first-order valence-corrected chi connectivity index (χ1v) is 6.48. The smallest absolute Gasteiger partial charge is 0.123 e. The number of imidazole rings is 1. The summed E-state index contributed by atoms with van der Waals surface area (Å²) in [5.74, 6) is -0.201. The second-order valence-electron chi connectivity index (χ2n) is 4.04. The average molecular weight is 258 g/mol. The lowest BCUT2D eigenvalue weighted by atomic mass is 10.1. The van der Waals surface area contributed by atoms with Crippen LogP contribution in [-0.2, 0) is 6.54 Å². The number of halogens is 1. The normalized spacial score (nSPS) is 10.7. The SMILES string of the molecule is Fc1ccc(-c2csc(Cn3ccnc3)c2)cc1. The van der Waals surface area contributed by atoms with Crippen molar-refractivity contribution in [3.63, 3.8) is 0 Å². The maximum atomic E-state index is 12.9. The van der Waals surface area contributed by atoms with Gasteiger partial charge in [-0.3, -0.25) is 0 Å². The van der Waals surface area contributed by atoms with Crippen molar-refractivity contribution in [2.24, 2.45) is 0 Å². The Bertz CT molecular complexity index is 626. The molecule has 90 valence electrons. The van der Waals surface area contributed by atoms with Crippen molar-refractivity contribution in [3.05, 3.63) is 65.1 Å². The molecule has 2 aromatic heterocycles. The first-order chi connectivity index (χ1) is 8.81. The van der Waals surface area contributed by atoms with Crippen LogP contribution in [0.15, 0.2) is 54.4 Å². The fraction of sp³-hybridized carbons (Fsp3) is 0.0714. The van der Waals surface area contributed by atoms with E-state index >= 15 is 0 Å². The molecule has 0 saturated carbocycles. The Morgan fingerprint density at radius 1 is 1.17 bits per heavy atom. The Morgan fingerprint density at radius 2 is 2.00 bits per heavy atom. The lowest BCUT2D eigenvalue weighted by Crippen LogP contribution is -1.92. The van der Waals surface area contributed by atoms with E-state index in [1.807, 2.05) is 10.8 Å². The molecular formula is C14H11FN2S. The summed E-state index contributed by atoms with van der Waals surface area (Å²) in [5.41, 5.74) is 2.18. The zero-order valence-electron chi connectivity index (χ0n) is 9.58. The topological polar surface area (TPSA) is 17.8 Å². The molecule has 0 bridgehead atoms. The fourth-order valence-electron chi connectivity index (χ4n) is 1.82. The monoisotopic (exact) mass is 258 g/mol. The largest absolute Gasteiger partial charge is 0.332 e. The number of aromatic nitrogens is 2. The van der Waals surface area contributed by atoms with Crippen LogP contribution in [0.25, 0.3) is 11.1 Å². The molecule has 0 spiro atoms. The Hall–Kier alpha value is -1.94. The van der Waals surface area contributed by atoms with Crippen LogP contribution in [0.3, 0.4) is 0 Å². The molecule has 0 unspecified atom stereocenters. The molecule has 0 saturated heterocycles. The predicted octanol–water partition coefficient (Wildman–Crippen LogP) is 3.80. The molecule has 0 aliphatic heterocycles. The standard InChI is InChI=1S/C14H11FN2S/c15-13-3-1-11(2-4-13)12-7-14(18-9-12)8-17-6-5-16-10-17/h1-7,9-10H,8H2. The quantitative estimate of drug-likeness (QED) is 0.698. The van der Waals surface area contributed by atoms with Crippen molar-refractivity contribution in [2.75, 3.05) is 0 Å². The molecule has 1 aromatic carbocycles. The molecule has 18 heavy (non-hydrogen) atoms. The lowest BCUT2D eigenvalue weighted by Gasteiger charge is -1.98. The highest BCUT2D eigenvalue weighted by Gasteiger charge is 2.03. The van der Waals surface area contributed by atoms with Gasteiger partial charge in [0.1, 0.15) is 5.82 Å². The molecule has 2 nitrogen and oxygen atoms in total. The summed E-state index contributed by atoms with van der Waals surface area (Å²) in [6, 6.07) is 8.72. The van der Waals surface area contributed by atoms with Crippen LogP contribution < -0.4 is 0 Å². The summed E-state index contributed by atoms with van der Waals surface area (Å²) in [6.07, 6.45) is 5.52. The average Bonchev–Trinajstić information content (AvgIpc) is 3.02. The summed E-state index contributed by atoms with van der Waals surface area (Å²) in [5, 5.41) is 2.10. The molecule has 2 heterocycles.